The molecule has 0 aliphatic carbocycles. The van der Waals surface area contributed by atoms with Gasteiger partial charge in [0.1, 0.15) is 5.60 Å². The first-order valence-electron chi connectivity index (χ1n) is 9.80. The van der Waals surface area contributed by atoms with Crippen LogP contribution in [0.5, 0.6) is 0 Å². The average Bonchev–Trinajstić information content (AvgIpc) is 2.96. The van der Waals surface area contributed by atoms with Crippen molar-refractivity contribution in [2.45, 2.75) is 39.2 Å². The zero-order valence-electron chi connectivity index (χ0n) is 17.6. The molecule has 29 heavy (non-hydrogen) atoms. The summed E-state index contributed by atoms with van der Waals surface area (Å²) in [6, 6.07) is 7.58. The number of anilines is 1. The highest BCUT2D eigenvalue weighted by atomic mass is 32.2. The summed E-state index contributed by atoms with van der Waals surface area (Å²) in [5, 5.41) is 9.14. The van der Waals surface area contributed by atoms with Crippen molar-refractivity contribution in [1.82, 2.24) is 10.6 Å². The van der Waals surface area contributed by atoms with Crippen LogP contribution in [-0.4, -0.2) is 57.7 Å². The van der Waals surface area contributed by atoms with Gasteiger partial charge >= 0.3 is 6.09 Å². The zero-order chi connectivity index (χ0) is 21.5. The minimum atomic E-state index is -2.86. The highest BCUT2D eigenvalue weighted by Crippen LogP contribution is 2.17. The Bertz CT molecular complexity index is 814. The van der Waals surface area contributed by atoms with Crippen molar-refractivity contribution in [1.29, 1.82) is 0 Å². The van der Waals surface area contributed by atoms with E-state index in [-0.39, 0.29) is 17.4 Å². The number of hydrogen-bond donors (Lipinski definition) is 3. The first kappa shape index (κ1) is 23.0. The highest BCUT2D eigenvalue weighted by molar-refractivity contribution is 7.91. The van der Waals surface area contributed by atoms with Crippen LogP contribution in [0.3, 0.4) is 0 Å². The largest absolute Gasteiger partial charge is 0.444 e. The fourth-order valence-electron chi connectivity index (χ4n) is 3.00. The van der Waals surface area contributed by atoms with Crippen LogP contribution in [0, 0.1) is 5.92 Å². The topological polar surface area (TPSA) is 109 Å². The Morgan fingerprint density at radius 1 is 1.21 bits per heavy atom. The molecule has 0 saturated carbocycles. The minimum absolute atomic E-state index is 0.142. The van der Waals surface area contributed by atoms with Gasteiger partial charge in [0.25, 0.3) is 0 Å². The van der Waals surface area contributed by atoms with Gasteiger partial charge in [-0.3, -0.25) is 10.3 Å². The molecule has 1 saturated heterocycles. The van der Waals surface area contributed by atoms with Gasteiger partial charge in [-0.25, -0.2) is 13.2 Å². The van der Waals surface area contributed by atoms with Gasteiger partial charge in [0, 0.05) is 25.8 Å². The van der Waals surface area contributed by atoms with Crippen molar-refractivity contribution in [2.75, 3.05) is 37.0 Å². The number of nitrogens with one attached hydrogen (secondary N) is 3. The number of carbonyl (C=O) groups is 1. The van der Waals surface area contributed by atoms with E-state index in [1.54, 1.807) is 7.05 Å². The van der Waals surface area contributed by atoms with Gasteiger partial charge in [0.05, 0.1) is 11.5 Å². The maximum Gasteiger partial charge on any atom is 0.412 e. The van der Waals surface area contributed by atoms with Crippen LogP contribution < -0.4 is 16.0 Å². The number of sulfone groups is 1. The van der Waals surface area contributed by atoms with Gasteiger partial charge in [0.15, 0.2) is 15.8 Å². The van der Waals surface area contributed by atoms with Crippen LogP contribution in [0.25, 0.3) is 0 Å². The van der Waals surface area contributed by atoms with E-state index in [1.165, 1.54) is 0 Å². The van der Waals surface area contributed by atoms with Crippen LogP contribution >= 0.6 is 0 Å². The molecule has 1 heterocycles. The lowest BCUT2D eigenvalue weighted by Crippen LogP contribution is -2.40. The average molecular weight is 425 g/mol. The van der Waals surface area contributed by atoms with Crippen LogP contribution in [0.4, 0.5) is 10.5 Å². The molecule has 0 radical (unpaired) electrons. The van der Waals surface area contributed by atoms with E-state index in [1.807, 2.05) is 45.0 Å². The molecular weight excluding hydrogens is 392 g/mol. The Hall–Kier alpha value is -2.29. The van der Waals surface area contributed by atoms with Crippen LogP contribution in [0.1, 0.15) is 32.8 Å². The molecule has 0 aromatic heterocycles. The van der Waals surface area contributed by atoms with E-state index in [2.05, 4.69) is 20.9 Å². The second-order valence-corrected chi connectivity index (χ2v) is 10.5. The Kier molecular flexibility index (Phi) is 7.89. The molecule has 1 aliphatic rings. The number of rotatable bonds is 6. The normalized spacial score (nSPS) is 18.9. The molecule has 1 aliphatic heterocycles. The highest BCUT2D eigenvalue weighted by Gasteiger charge is 2.27. The molecule has 0 spiro atoms. The van der Waals surface area contributed by atoms with Gasteiger partial charge in [0.2, 0.25) is 0 Å². The minimum Gasteiger partial charge on any atom is -0.444 e. The second-order valence-electron chi connectivity index (χ2n) is 8.22. The number of hydrogen-bond acceptors (Lipinski definition) is 5. The van der Waals surface area contributed by atoms with Crippen LogP contribution in [-0.2, 0) is 21.0 Å². The number of amides is 1. The van der Waals surface area contributed by atoms with Gasteiger partial charge in [-0.05, 0) is 57.2 Å². The summed E-state index contributed by atoms with van der Waals surface area (Å²) in [4.78, 5) is 16.0. The van der Waals surface area contributed by atoms with Gasteiger partial charge in [-0.15, -0.1) is 0 Å². The molecule has 0 bridgehead atoms. The molecular formula is C20H32N4O4S. The molecule has 1 aromatic rings. The van der Waals surface area contributed by atoms with Gasteiger partial charge in [-0.2, -0.15) is 0 Å². The Morgan fingerprint density at radius 2 is 1.90 bits per heavy atom. The third kappa shape index (κ3) is 8.72. The maximum absolute atomic E-state index is 11.8. The number of carbonyl (C=O) groups excluding carboxylic acids is 1. The monoisotopic (exact) mass is 424 g/mol. The SMILES string of the molecule is CN=C(NCCc1ccc(NC(=O)OC(C)(C)C)cc1)NCC1CCS(=O)(=O)C1. The molecule has 9 heteroatoms. The van der Waals surface area contributed by atoms with Crippen LogP contribution in [0.15, 0.2) is 29.3 Å². The summed E-state index contributed by atoms with van der Waals surface area (Å²) in [6.45, 7) is 6.74. The first-order valence-corrected chi connectivity index (χ1v) is 11.6. The van der Waals surface area contributed by atoms with Crippen molar-refractivity contribution in [3.63, 3.8) is 0 Å². The van der Waals surface area contributed by atoms with E-state index in [9.17, 15) is 13.2 Å². The van der Waals surface area contributed by atoms with Crippen molar-refractivity contribution in [3.8, 4) is 0 Å². The number of benzene rings is 1. The smallest absolute Gasteiger partial charge is 0.412 e. The number of ether oxygens (including phenoxy) is 1. The number of aliphatic imine (C=N–C) groups is 1. The number of nitrogens with zero attached hydrogens (tertiary/aromatic N) is 1. The summed E-state index contributed by atoms with van der Waals surface area (Å²) in [7, 11) is -1.17. The quantitative estimate of drug-likeness (QED) is 0.477. The molecule has 8 nitrogen and oxygen atoms in total. The summed E-state index contributed by atoms with van der Waals surface area (Å²) in [5.41, 5.74) is 1.26. The first-order chi connectivity index (χ1) is 13.6. The Morgan fingerprint density at radius 3 is 2.45 bits per heavy atom. The Labute approximate surface area is 173 Å². The molecule has 3 N–H and O–H groups in total. The number of guanidine groups is 1. The lowest BCUT2D eigenvalue weighted by Gasteiger charge is -2.19. The summed E-state index contributed by atoms with van der Waals surface area (Å²) in [6.07, 6.45) is 1.01. The predicted molar refractivity (Wildman–Crippen MR) is 116 cm³/mol. The van der Waals surface area contributed by atoms with Gasteiger partial charge < -0.3 is 15.4 Å². The summed E-state index contributed by atoms with van der Waals surface area (Å²) < 4.78 is 28.3. The standard InChI is InChI=1S/C20H32N4O4S/c1-20(2,3)28-19(25)24-17-7-5-15(6-8-17)9-11-22-18(21-4)23-13-16-10-12-29(26,27)14-16/h5-8,16H,9-14H2,1-4H3,(H,24,25)(H2,21,22,23). The summed E-state index contributed by atoms with van der Waals surface area (Å²) in [5.74, 6) is 1.34. The lowest BCUT2D eigenvalue weighted by molar-refractivity contribution is 0.0636. The lowest BCUT2D eigenvalue weighted by atomic mass is 10.1. The van der Waals surface area contributed by atoms with E-state index >= 15 is 0 Å². The summed E-state index contributed by atoms with van der Waals surface area (Å²) >= 11 is 0. The zero-order valence-corrected chi connectivity index (χ0v) is 18.4. The predicted octanol–water partition coefficient (Wildman–Crippen LogP) is 2.18. The third-order valence-corrected chi connectivity index (χ3v) is 6.25. The fraction of sp³-hybridized carbons (Fsp3) is 0.600. The maximum atomic E-state index is 11.8. The van der Waals surface area contributed by atoms with Crippen LogP contribution in [0.2, 0.25) is 0 Å². The molecule has 162 valence electrons. The molecule has 1 atom stereocenters. The molecule has 1 amide bonds. The Balaban J connectivity index is 1.71. The molecule has 1 fully saturated rings. The van der Waals surface area contributed by atoms with E-state index in [0.717, 1.165) is 12.0 Å². The van der Waals surface area contributed by atoms with E-state index < -0.39 is 21.5 Å². The van der Waals surface area contributed by atoms with E-state index in [4.69, 9.17) is 4.74 Å². The van der Waals surface area contributed by atoms with Crippen molar-refractivity contribution in [2.24, 2.45) is 10.9 Å². The molecule has 1 aromatic carbocycles. The second kappa shape index (κ2) is 9.96. The molecule has 2 rings (SSSR count). The van der Waals surface area contributed by atoms with Gasteiger partial charge in [-0.1, -0.05) is 12.1 Å². The van der Waals surface area contributed by atoms with Crippen molar-refractivity contribution >= 4 is 27.6 Å². The van der Waals surface area contributed by atoms with Crippen molar-refractivity contribution < 1.29 is 17.9 Å². The van der Waals surface area contributed by atoms with E-state index in [0.29, 0.717) is 31.2 Å². The molecule has 1 unspecified atom stereocenters. The third-order valence-electron chi connectivity index (χ3n) is 4.41. The van der Waals surface area contributed by atoms with Crippen molar-refractivity contribution in [3.05, 3.63) is 29.8 Å². The fourth-order valence-corrected chi connectivity index (χ4v) is 4.86.